The summed E-state index contributed by atoms with van der Waals surface area (Å²) in [5.74, 6) is 0. The van der Waals surface area contributed by atoms with Gasteiger partial charge < -0.3 is 49.4 Å². The molecule has 31 heavy (non-hydrogen) atoms. The SMILES string of the molecule is O=P(O)(O)OP(=O)(O)CCCCCCCCCCOP(O)O.OCC(CO)(CO)CO. The smallest absolute Gasteiger partial charge is 0.396 e. The van der Waals surface area contributed by atoms with Crippen molar-refractivity contribution in [3.05, 3.63) is 0 Å². The van der Waals surface area contributed by atoms with Crippen molar-refractivity contribution in [2.24, 2.45) is 5.41 Å². The molecule has 0 aromatic rings. The van der Waals surface area contributed by atoms with Gasteiger partial charge in [-0.1, -0.05) is 38.5 Å². The van der Waals surface area contributed by atoms with Crippen LogP contribution < -0.4 is 0 Å². The first kappa shape index (κ1) is 33.6. The zero-order chi connectivity index (χ0) is 24.4. The van der Waals surface area contributed by atoms with Crippen LogP contribution >= 0.6 is 24.0 Å². The molecule has 0 aliphatic heterocycles. The Balaban J connectivity index is 0. The summed E-state index contributed by atoms with van der Waals surface area (Å²) in [7, 11) is -11.4. The van der Waals surface area contributed by atoms with E-state index >= 15 is 0 Å². The first-order valence-electron chi connectivity index (χ1n) is 9.70. The summed E-state index contributed by atoms with van der Waals surface area (Å²) in [5, 5.41) is 34.0. The monoisotopic (exact) mass is 518 g/mol. The van der Waals surface area contributed by atoms with E-state index in [-0.39, 0.29) is 6.16 Å². The fourth-order valence-corrected chi connectivity index (χ4v) is 4.70. The lowest BCUT2D eigenvalue weighted by molar-refractivity contribution is -0.0328. The van der Waals surface area contributed by atoms with Crippen molar-refractivity contribution in [1.29, 1.82) is 0 Å². The van der Waals surface area contributed by atoms with Gasteiger partial charge in [0.15, 0.2) is 0 Å². The minimum atomic E-state index is -4.93. The number of aliphatic hydroxyl groups is 4. The molecule has 0 spiro atoms. The molecule has 0 bridgehead atoms. The summed E-state index contributed by atoms with van der Waals surface area (Å²) in [4.78, 5) is 43.1. The fourth-order valence-electron chi connectivity index (χ4n) is 2.13. The van der Waals surface area contributed by atoms with Gasteiger partial charge in [0.25, 0.3) is 0 Å². The topological polar surface area (TPSA) is 235 Å². The summed E-state index contributed by atoms with van der Waals surface area (Å²) in [5.41, 5.74) is -1.11. The number of rotatable bonds is 18. The van der Waals surface area contributed by atoms with Crippen molar-refractivity contribution in [2.75, 3.05) is 39.2 Å². The molecule has 0 saturated carbocycles. The predicted molar refractivity (Wildman–Crippen MR) is 113 cm³/mol. The maximum absolute atomic E-state index is 11.3. The molecule has 0 radical (unpaired) electrons. The third-order valence-electron chi connectivity index (χ3n) is 4.12. The number of phosphoric acid groups is 1. The highest BCUT2D eigenvalue weighted by atomic mass is 31.3. The molecule has 0 aliphatic carbocycles. The molecule has 0 rings (SSSR count). The van der Waals surface area contributed by atoms with E-state index in [1.807, 2.05) is 0 Å². The van der Waals surface area contributed by atoms with E-state index in [1.165, 1.54) is 0 Å². The first-order chi connectivity index (χ1) is 14.4. The Bertz CT molecular complexity index is 493. The second kappa shape index (κ2) is 18.8. The van der Waals surface area contributed by atoms with Crippen molar-refractivity contribution in [3.63, 3.8) is 0 Å². The van der Waals surface area contributed by atoms with Crippen LogP contribution in [-0.2, 0) is 18.0 Å². The Morgan fingerprint density at radius 3 is 1.39 bits per heavy atom. The third kappa shape index (κ3) is 22.0. The highest BCUT2D eigenvalue weighted by molar-refractivity contribution is 7.63. The van der Waals surface area contributed by atoms with Crippen molar-refractivity contribution in [1.82, 2.24) is 0 Å². The summed E-state index contributed by atoms with van der Waals surface area (Å²) >= 11 is 0. The lowest BCUT2D eigenvalue weighted by Crippen LogP contribution is -2.37. The van der Waals surface area contributed by atoms with E-state index < -0.39 is 55.9 Å². The van der Waals surface area contributed by atoms with Crippen LogP contribution in [0.5, 0.6) is 0 Å². The Hall–Kier alpha value is 0.450. The second-order valence-corrected chi connectivity index (χ2v) is 11.1. The van der Waals surface area contributed by atoms with Gasteiger partial charge in [0.2, 0.25) is 0 Å². The molecule has 13 nitrogen and oxygen atoms in total. The van der Waals surface area contributed by atoms with Crippen LogP contribution in [0.25, 0.3) is 0 Å². The molecule has 0 amide bonds. The van der Waals surface area contributed by atoms with Gasteiger partial charge >= 0.3 is 24.0 Å². The molecule has 9 N–H and O–H groups in total. The molecule has 0 heterocycles. The molecule has 0 saturated heterocycles. The summed E-state index contributed by atoms with van der Waals surface area (Å²) in [6, 6.07) is 0. The minimum Gasteiger partial charge on any atom is -0.396 e. The summed E-state index contributed by atoms with van der Waals surface area (Å²) in [6.07, 6.45) is 6.34. The highest BCUT2D eigenvalue weighted by Gasteiger charge is 2.29. The number of hydrogen-bond donors (Lipinski definition) is 9. The second-order valence-electron chi connectivity index (χ2n) is 6.98. The van der Waals surface area contributed by atoms with Crippen molar-refractivity contribution in [2.45, 2.75) is 51.4 Å². The standard InChI is InChI=1S/C10H25O9P3.C5H12O4/c11-20(12)18-9-7-5-3-1-2-4-6-8-10-21(13,14)19-22(15,16)17;6-1-5(2-7,3-8)4-9/h11-12H,1-10H2,(H,13,14)(H2,15,16,17);6-9H,1-4H2. The number of unbranched alkanes of at least 4 members (excludes halogenated alkanes) is 7. The van der Waals surface area contributed by atoms with Gasteiger partial charge in [0, 0.05) is 0 Å². The van der Waals surface area contributed by atoms with Gasteiger partial charge in [-0.2, -0.15) is 0 Å². The van der Waals surface area contributed by atoms with E-state index in [9.17, 15) is 14.0 Å². The van der Waals surface area contributed by atoms with Crippen LogP contribution in [0.1, 0.15) is 51.4 Å². The van der Waals surface area contributed by atoms with E-state index in [2.05, 4.69) is 8.83 Å². The Morgan fingerprint density at radius 2 is 1.06 bits per heavy atom. The van der Waals surface area contributed by atoms with Gasteiger partial charge in [-0.25, -0.2) is 8.88 Å². The largest absolute Gasteiger partial charge is 0.476 e. The summed E-state index contributed by atoms with van der Waals surface area (Å²) in [6.45, 7) is -1.29. The maximum atomic E-state index is 11.3. The molecule has 190 valence electrons. The van der Waals surface area contributed by atoms with E-state index in [0.717, 1.165) is 38.5 Å². The molecule has 16 heteroatoms. The van der Waals surface area contributed by atoms with Crippen LogP contribution in [0.4, 0.5) is 0 Å². The number of hydrogen-bond acceptors (Lipinski definition) is 10. The molecular formula is C15H37O13P3. The zero-order valence-electron chi connectivity index (χ0n) is 17.4. The van der Waals surface area contributed by atoms with Crippen LogP contribution in [0.15, 0.2) is 0 Å². The molecule has 0 aliphatic rings. The van der Waals surface area contributed by atoms with E-state index in [0.29, 0.717) is 19.4 Å². The molecule has 1 atom stereocenters. The van der Waals surface area contributed by atoms with E-state index in [4.69, 9.17) is 40.0 Å². The predicted octanol–water partition coefficient (Wildman–Crippen LogP) is 0.572. The highest BCUT2D eigenvalue weighted by Crippen LogP contribution is 2.57. The van der Waals surface area contributed by atoms with Crippen LogP contribution in [0.3, 0.4) is 0 Å². The van der Waals surface area contributed by atoms with E-state index in [1.54, 1.807) is 0 Å². The molecular weight excluding hydrogens is 481 g/mol. The molecule has 0 aromatic heterocycles. The van der Waals surface area contributed by atoms with Crippen LogP contribution in [0, 0.1) is 5.41 Å². The summed E-state index contributed by atoms with van der Waals surface area (Å²) < 4.78 is 30.3. The van der Waals surface area contributed by atoms with Crippen LogP contribution in [0.2, 0.25) is 0 Å². The van der Waals surface area contributed by atoms with Crippen molar-refractivity contribution < 1.29 is 62.9 Å². The Labute approximate surface area is 183 Å². The third-order valence-corrected chi connectivity index (χ3v) is 7.28. The zero-order valence-corrected chi connectivity index (χ0v) is 20.1. The van der Waals surface area contributed by atoms with Crippen LogP contribution in [-0.4, -0.2) is 84.1 Å². The van der Waals surface area contributed by atoms with Gasteiger partial charge in [0.1, 0.15) is 0 Å². The average molecular weight is 518 g/mol. The van der Waals surface area contributed by atoms with Gasteiger partial charge in [-0.05, 0) is 12.8 Å². The number of aliphatic hydroxyl groups excluding tert-OH is 4. The lowest BCUT2D eigenvalue weighted by Gasteiger charge is -2.23. The Morgan fingerprint density at radius 1 is 0.677 bits per heavy atom. The quantitative estimate of drug-likeness (QED) is 0.0893. The fraction of sp³-hybridized carbons (Fsp3) is 1.00. The minimum absolute atomic E-state index is 0.263. The van der Waals surface area contributed by atoms with Crippen molar-refractivity contribution in [3.8, 4) is 0 Å². The molecule has 0 aromatic carbocycles. The first-order valence-corrected chi connectivity index (χ1v) is 14.2. The van der Waals surface area contributed by atoms with Gasteiger partial charge in [-0.3, -0.25) is 4.57 Å². The average Bonchev–Trinajstić information content (AvgIpc) is 2.67. The molecule has 1 unspecified atom stereocenters. The normalized spacial score (nSPS) is 14.3. The lowest BCUT2D eigenvalue weighted by atomic mass is 9.93. The molecule has 0 fully saturated rings. The van der Waals surface area contributed by atoms with Gasteiger partial charge in [-0.15, -0.1) is 0 Å². The van der Waals surface area contributed by atoms with Crippen molar-refractivity contribution >= 4 is 24.0 Å². The maximum Gasteiger partial charge on any atom is 0.476 e. The Kier molecular flexibility index (Phi) is 20.4. The van der Waals surface area contributed by atoms with Gasteiger partial charge in [0.05, 0.1) is 44.6 Å².